The largest absolute Gasteiger partial charge is 0.350 e. The van der Waals surface area contributed by atoms with E-state index in [4.69, 9.17) is 4.98 Å². The van der Waals surface area contributed by atoms with Crippen LogP contribution in [0, 0.1) is 12.8 Å². The number of amides is 1. The third kappa shape index (κ3) is 3.88. The summed E-state index contributed by atoms with van der Waals surface area (Å²) in [6, 6.07) is 14.1. The number of nitrogens with one attached hydrogen (secondary N) is 2. The molecule has 1 aromatic carbocycles. The van der Waals surface area contributed by atoms with E-state index in [9.17, 15) is 4.79 Å². The zero-order chi connectivity index (χ0) is 19.0. The minimum Gasteiger partial charge on any atom is -0.350 e. The number of pyridine rings is 1. The first-order valence-corrected chi connectivity index (χ1v) is 9.51. The molecule has 0 bridgehead atoms. The number of nitrogens with zero attached hydrogens (tertiary/aromatic N) is 2. The van der Waals surface area contributed by atoms with Gasteiger partial charge in [0.2, 0.25) is 0 Å². The van der Waals surface area contributed by atoms with Crippen molar-refractivity contribution in [2.75, 3.05) is 14.1 Å². The highest BCUT2D eigenvalue weighted by Crippen LogP contribution is 2.40. The van der Waals surface area contributed by atoms with Crippen LogP contribution in [0.1, 0.15) is 46.3 Å². The summed E-state index contributed by atoms with van der Waals surface area (Å²) >= 11 is 0. The highest BCUT2D eigenvalue weighted by Gasteiger charge is 2.34. The van der Waals surface area contributed by atoms with Crippen molar-refractivity contribution in [2.24, 2.45) is 5.92 Å². The Kier molecular flexibility index (Phi) is 4.70. The molecule has 1 atom stereocenters. The molecule has 0 radical (unpaired) electrons. The number of hydrogen-bond acceptors (Lipinski definition) is 3. The van der Waals surface area contributed by atoms with Gasteiger partial charge in [-0.3, -0.25) is 9.78 Å². The van der Waals surface area contributed by atoms with Crippen LogP contribution in [0.5, 0.6) is 0 Å². The maximum absolute atomic E-state index is 12.9. The normalized spacial score (nSPS) is 15.3. The fourth-order valence-corrected chi connectivity index (χ4v) is 3.60. The number of H-pyrrole nitrogens is 1. The molecule has 140 valence electrons. The van der Waals surface area contributed by atoms with Gasteiger partial charge in [-0.1, -0.05) is 24.3 Å². The Balaban J connectivity index is 1.58. The molecule has 1 unspecified atom stereocenters. The number of carbonyl (C=O) groups is 1. The predicted molar refractivity (Wildman–Crippen MR) is 108 cm³/mol. The molecule has 5 heteroatoms. The number of aromatic amines is 1. The Bertz CT molecular complexity index is 971. The smallest absolute Gasteiger partial charge is 0.268 e. The fraction of sp³-hybridized carbons (Fsp3) is 0.364. The van der Waals surface area contributed by atoms with Gasteiger partial charge < -0.3 is 15.2 Å². The van der Waals surface area contributed by atoms with Crippen LogP contribution in [0.3, 0.4) is 0 Å². The van der Waals surface area contributed by atoms with Crippen LogP contribution in [0.25, 0.3) is 10.9 Å². The second kappa shape index (κ2) is 7.16. The molecule has 0 spiro atoms. The summed E-state index contributed by atoms with van der Waals surface area (Å²) in [5.74, 6) is 0.407. The highest BCUT2D eigenvalue weighted by molar-refractivity contribution is 5.98. The molecule has 2 aromatic heterocycles. The van der Waals surface area contributed by atoms with E-state index in [1.165, 1.54) is 0 Å². The number of aromatic nitrogens is 2. The molecular formula is C22H26N4O. The van der Waals surface area contributed by atoms with E-state index >= 15 is 0 Å². The highest BCUT2D eigenvalue weighted by atomic mass is 16.2. The Morgan fingerprint density at radius 1 is 1.26 bits per heavy atom. The summed E-state index contributed by atoms with van der Waals surface area (Å²) in [5.41, 5.74) is 4.76. The third-order valence-corrected chi connectivity index (χ3v) is 5.11. The van der Waals surface area contributed by atoms with Gasteiger partial charge in [-0.15, -0.1) is 0 Å². The fourth-order valence-electron chi connectivity index (χ4n) is 3.60. The van der Waals surface area contributed by atoms with Gasteiger partial charge in [0.15, 0.2) is 0 Å². The average Bonchev–Trinajstić information content (AvgIpc) is 3.37. The first-order valence-electron chi connectivity index (χ1n) is 9.51. The molecule has 3 aromatic rings. The molecule has 1 aliphatic rings. The van der Waals surface area contributed by atoms with Crippen molar-refractivity contribution in [2.45, 2.75) is 32.4 Å². The van der Waals surface area contributed by atoms with Crippen LogP contribution in [0.15, 0.2) is 42.5 Å². The molecular weight excluding hydrogens is 336 g/mol. The first-order chi connectivity index (χ1) is 13.0. The SMILES string of the molecule is Cc1cccc2cc(C(=O)NC(c3cccc(CN(C)C)n3)C3CC3)[nH]c12. The van der Waals surface area contributed by atoms with Crippen molar-refractivity contribution < 1.29 is 4.79 Å². The lowest BCUT2D eigenvalue weighted by atomic mass is 10.1. The molecule has 2 N–H and O–H groups in total. The van der Waals surface area contributed by atoms with Crippen molar-refractivity contribution in [3.05, 3.63) is 65.1 Å². The predicted octanol–water partition coefficient (Wildman–Crippen LogP) is 3.81. The van der Waals surface area contributed by atoms with Crippen LogP contribution < -0.4 is 5.32 Å². The average molecular weight is 362 g/mol. The van der Waals surface area contributed by atoms with Crippen molar-refractivity contribution in [1.29, 1.82) is 0 Å². The molecule has 1 fully saturated rings. The number of aryl methyl sites for hydroxylation is 1. The monoisotopic (exact) mass is 362 g/mol. The number of hydrogen-bond donors (Lipinski definition) is 2. The van der Waals surface area contributed by atoms with E-state index in [0.29, 0.717) is 11.6 Å². The Morgan fingerprint density at radius 3 is 2.74 bits per heavy atom. The lowest BCUT2D eigenvalue weighted by Gasteiger charge is -2.19. The van der Waals surface area contributed by atoms with Gasteiger partial charge in [-0.05, 0) is 63.5 Å². The van der Waals surface area contributed by atoms with Gasteiger partial charge in [0.25, 0.3) is 5.91 Å². The van der Waals surface area contributed by atoms with Gasteiger partial charge in [0, 0.05) is 17.4 Å². The standard InChI is InChI=1S/C22H26N4O/c1-14-6-4-7-16-12-19(24-20(14)16)22(27)25-21(15-10-11-15)18-9-5-8-17(23-18)13-26(2)3/h4-9,12,15,21,24H,10-11,13H2,1-3H3,(H,25,27). The quantitative estimate of drug-likeness (QED) is 0.701. The summed E-state index contributed by atoms with van der Waals surface area (Å²) < 4.78 is 0. The van der Waals surface area contributed by atoms with Crippen LogP contribution in [0.2, 0.25) is 0 Å². The Hall–Kier alpha value is -2.66. The maximum atomic E-state index is 12.9. The third-order valence-electron chi connectivity index (χ3n) is 5.11. The number of para-hydroxylation sites is 1. The zero-order valence-corrected chi connectivity index (χ0v) is 16.1. The topological polar surface area (TPSA) is 61.0 Å². The minimum absolute atomic E-state index is 0.0351. The minimum atomic E-state index is -0.0673. The number of carbonyl (C=O) groups excluding carboxylic acids is 1. The van der Waals surface area contributed by atoms with E-state index in [0.717, 1.165) is 47.2 Å². The number of fused-ring (bicyclic) bond motifs is 1. The van der Waals surface area contributed by atoms with Gasteiger partial charge in [-0.25, -0.2) is 0 Å². The van der Waals surface area contributed by atoms with Crippen molar-refractivity contribution in [1.82, 2.24) is 20.2 Å². The zero-order valence-electron chi connectivity index (χ0n) is 16.1. The van der Waals surface area contributed by atoms with E-state index in [1.807, 2.05) is 63.5 Å². The van der Waals surface area contributed by atoms with Crippen LogP contribution >= 0.6 is 0 Å². The molecule has 2 heterocycles. The van der Waals surface area contributed by atoms with E-state index < -0.39 is 0 Å². The first kappa shape index (κ1) is 17.7. The molecule has 0 saturated heterocycles. The Morgan fingerprint density at radius 2 is 2.04 bits per heavy atom. The van der Waals surface area contributed by atoms with Gasteiger partial charge >= 0.3 is 0 Å². The van der Waals surface area contributed by atoms with E-state index in [2.05, 4.69) is 15.2 Å². The molecule has 1 saturated carbocycles. The van der Waals surface area contributed by atoms with Crippen LogP contribution in [-0.4, -0.2) is 34.9 Å². The molecule has 1 amide bonds. The summed E-state index contributed by atoms with van der Waals surface area (Å²) in [4.78, 5) is 23.1. The van der Waals surface area contributed by atoms with Gasteiger partial charge in [-0.2, -0.15) is 0 Å². The molecule has 0 aliphatic heterocycles. The second-order valence-corrected chi connectivity index (χ2v) is 7.80. The van der Waals surface area contributed by atoms with Crippen LogP contribution in [0.4, 0.5) is 0 Å². The van der Waals surface area contributed by atoms with E-state index in [1.54, 1.807) is 0 Å². The van der Waals surface area contributed by atoms with Gasteiger partial charge in [0.05, 0.1) is 17.4 Å². The van der Waals surface area contributed by atoms with Crippen molar-refractivity contribution >= 4 is 16.8 Å². The molecule has 1 aliphatic carbocycles. The molecule has 4 rings (SSSR count). The van der Waals surface area contributed by atoms with E-state index in [-0.39, 0.29) is 11.9 Å². The summed E-state index contributed by atoms with van der Waals surface area (Å²) in [7, 11) is 4.07. The number of rotatable bonds is 6. The second-order valence-electron chi connectivity index (χ2n) is 7.80. The lowest BCUT2D eigenvalue weighted by molar-refractivity contribution is 0.0926. The molecule has 27 heavy (non-hydrogen) atoms. The summed E-state index contributed by atoms with van der Waals surface area (Å²) in [6.45, 7) is 2.84. The summed E-state index contributed by atoms with van der Waals surface area (Å²) in [6.07, 6.45) is 2.27. The van der Waals surface area contributed by atoms with Crippen molar-refractivity contribution in [3.8, 4) is 0 Å². The van der Waals surface area contributed by atoms with Gasteiger partial charge in [0.1, 0.15) is 5.69 Å². The molecule has 5 nitrogen and oxygen atoms in total. The Labute approximate surface area is 159 Å². The van der Waals surface area contributed by atoms with Crippen LogP contribution in [-0.2, 0) is 6.54 Å². The summed E-state index contributed by atoms with van der Waals surface area (Å²) in [5, 5.41) is 4.29. The van der Waals surface area contributed by atoms with Crippen molar-refractivity contribution in [3.63, 3.8) is 0 Å². The lowest BCUT2D eigenvalue weighted by Crippen LogP contribution is -2.31. The number of benzene rings is 1. The maximum Gasteiger partial charge on any atom is 0.268 e.